The van der Waals surface area contributed by atoms with E-state index in [1.54, 1.807) is 11.8 Å². The molecular formula is C7H17BN2O3S. The average molecular weight is 220 g/mol. The summed E-state index contributed by atoms with van der Waals surface area (Å²) in [5, 5.41) is 17.3. The van der Waals surface area contributed by atoms with Crippen LogP contribution >= 0.6 is 11.8 Å². The van der Waals surface area contributed by atoms with Gasteiger partial charge in [-0.2, -0.15) is 11.8 Å². The zero-order valence-electron chi connectivity index (χ0n) is 8.51. The Labute approximate surface area is 88.8 Å². The number of amides is 1. The van der Waals surface area contributed by atoms with E-state index >= 15 is 0 Å². The van der Waals surface area contributed by atoms with Crippen molar-refractivity contribution < 1.29 is 14.8 Å². The number of nitrogens with two attached hydrogens (primary N) is 1. The fraction of sp³-hybridized carbons (Fsp3) is 0.857. The topological polar surface area (TPSA) is 86.8 Å². The van der Waals surface area contributed by atoms with Crippen molar-refractivity contribution in [3.63, 3.8) is 0 Å². The van der Waals surface area contributed by atoms with E-state index in [1.165, 1.54) is 11.9 Å². The highest BCUT2D eigenvalue weighted by molar-refractivity contribution is 7.98. The minimum absolute atomic E-state index is 0.105. The molecule has 0 aliphatic rings. The fourth-order valence-electron chi connectivity index (χ4n) is 0.986. The average Bonchev–Trinajstić information content (AvgIpc) is 2.11. The Morgan fingerprint density at radius 2 is 2.21 bits per heavy atom. The predicted octanol–water partition coefficient (Wildman–Crippen LogP) is -1.46. The molecule has 0 unspecified atom stereocenters. The molecule has 0 aromatic heterocycles. The lowest BCUT2D eigenvalue weighted by Crippen LogP contribution is -2.46. The SMILES string of the molecule is CSCC[C@H](N)C(=O)N(C)CB(O)O. The normalized spacial score (nSPS) is 12.4. The molecule has 7 heteroatoms. The van der Waals surface area contributed by atoms with Crippen molar-refractivity contribution in [3.8, 4) is 0 Å². The minimum Gasteiger partial charge on any atom is -0.426 e. The Morgan fingerprint density at radius 3 is 2.64 bits per heavy atom. The fourth-order valence-corrected chi connectivity index (χ4v) is 1.48. The van der Waals surface area contributed by atoms with Gasteiger partial charge in [-0.25, -0.2) is 0 Å². The van der Waals surface area contributed by atoms with Crippen LogP contribution in [0.5, 0.6) is 0 Å². The molecule has 0 aliphatic carbocycles. The highest BCUT2D eigenvalue weighted by Gasteiger charge is 2.20. The first-order valence-corrected chi connectivity index (χ1v) is 5.74. The minimum atomic E-state index is -1.50. The number of carbonyl (C=O) groups excluding carboxylic acids is 1. The molecule has 0 rings (SSSR count). The summed E-state index contributed by atoms with van der Waals surface area (Å²) in [5.41, 5.74) is 5.61. The molecule has 0 aromatic rings. The molecule has 0 heterocycles. The van der Waals surface area contributed by atoms with E-state index in [-0.39, 0.29) is 12.4 Å². The quantitative estimate of drug-likeness (QED) is 0.476. The lowest BCUT2D eigenvalue weighted by molar-refractivity contribution is -0.130. The molecule has 1 atom stereocenters. The molecule has 14 heavy (non-hydrogen) atoms. The molecule has 0 aromatic carbocycles. The van der Waals surface area contributed by atoms with Crippen LogP contribution in [0, 0.1) is 0 Å². The van der Waals surface area contributed by atoms with Crippen LogP contribution in [0.15, 0.2) is 0 Å². The highest BCUT2D eigenvalue weighted by atomic mass is 32.2. The summed E-state index contributed by atoms with van der Waals surface area (Å²) in [4.78, 5) is 12.7. The number of thioether (sulfide) groups is 1. The van der Waals surface area contributed by atoms with Gasteiger partial charge < -0.3 is 20.7 Å². The van der Waals surface area contributed by atoms with Crippen LogP contribution in [-0.4, -0.2) is 59.5 Å². The van der Waals surface area contributed by atoms with E-state index in [1.807, 2.05) is 6.26 Å². The molecule has 0 saturated carbocycles. The zero-order chi connectivity index (χ0) is 11.1. The number of hydrogen-bond donors (Lipinski definition) is 3. The standard InChI is InChI=1S/C7H17BN2O3S/c1-10(5-8(12)13)7(11)6(9)3-4-14-2/h6,12-13H,3-5,9H2,1-2H3/t6-/m0/s1. The molecule has 0 bridgehead atoms. The highest BCUT2D eigenvalue weighted by Crippen LogP contribution is 2.01. The van der Waals surface area contributed by atoms with Gasteiger partial charge in [-0.05, 0) is 18.4 Å². The molecule has 0 saturated heterocycles. The summed E-state index contributed by atoms with van der Waals surface area (Å²) >= 11 is 1.62. The Balaban J connectivity index is 3.91. The van der Waals surface area contributed by atoms with E-state index in [4.69, 9.17) is 15.8 Å². The van der Waals surface area contributed by atoms with Crippen molar-refractivity contribution in [1.82, 2.24) is 4.90 Å². The number of likely N-dealkylation sites (N-methyl/N-ethyl adjacent to an activating group) is 1. The Morgan fingerprint density at radius 1 is 1.64 bits per heavy atom. The van der Waals surface area contributed by atoms with Gasteiger partial charge in [0.2, 0.25) is 5.91 Å². The van der Waals surface area contributed by atoms with Crippen LogP contribution in [0.1, 0.15) is 6.42 Å². The van der Waals surface area contributed by atoms with Gasteiger partial charge in [0.15, 0.2) is 0 Å². The summed E-state index contributed by atoms with van der Waals surface area (Å²) in [6, 6.07) is -0.550. The molecule has 4 N–H and O–H groups in total. The van der Waals surface area contributed by atoms with Gasteiger partial charge in [-0.3, -0.25) is 4.79 Å². The Kier molecular flexibility index (Phi) is 6.99. The number of carbonyl (C=O) groups is 1. The monoisotopic (exact) mass is 220 g/mol. The third kappa shape index (κ3) is 5.49. The second-order valence-electron chi connectivity index (χ2n) is 3.09. The van der Waals surface area contributed by atoms with Crippen LogP contribution in [0.25, 0.3) is 0 Å². The van der Waals surface area contributed by atoms with Gasteiger partial charge >= 0.3 is 7.12 Å². The first-order chi connectivity index (χ1) is 6.49. The molecule has 0 aliphatic heterocycles. The Bertz CT molecular complexity index is 182. The lowest BCUT2D eigenvalue weighted by Gasteiger charge is -2.20. The van der Waals surface area contributed by atoms with Gasteiger partial charge in [0.05, 0.1) is 12.5 Å². The summed E-state index contributed by atoms with van der Waals surface area (Å²) in [5.74, 6) is 0.565. The predicted molar refractivity (Wildman–Crippen MR) is 58.8 cm³/mol. The summed E-state index contributed by atoms with van der Waals surface area (Å²) in [6.45, 7) is 0. The maximum Gasteiger partial charge on any atom is 0.472 e. The largest absolute Gasteiger partial charge is 0.472 e. The van der Waals surface area contributed by atoms with Crippen LogP contribution in [0.2, 0.25) is 0 Å². The summed E-state index contributed by atoms with van der Waals surface area (Å²) in [6.07, 6.45) is 2.44. The van der Waals surface area contributed by atoms with Gasteiger partial charge in [-0.1, -0.05) is 0 Å². The third-order valence-corrected chi connectivity index (χ3v) is 2.41. The number of rotatable bonds is 6. The molecule has 82 valence electrons. The van der Waals surface area contributed by atoms with Crippen molar-refractivity contribution in [2.75, 3.05) is 25.5 Å². The van der Waals surface area contributed by atoms with Crippen molar-refractivity contribution in [2.24, 2.45) is 5.73 Å². The van der Waals surface area contributed by atoms with E-state index < -0.39 is 13.2 Å². The van der Waals surface area contributed by atoms with Crippen molar-refractivity contribution in [3.05, 3.63) is 0 Å². The first-order valence-electron chi connectivity index (χ1n) is 4.34. The third-order valence-electron chi connectivity index (χ3n) is 1.76. The van der Waals surface area contributed by atoms with Crippen molar-refractivity contribution in [2.45, 2.75) is 12.5 Å². The van der Waals surface area contributed by atoms with Crippen LogP contribution < -0.4 is 5.73 Å². The molecule has 0 spiro atoms. The van der Waals surface area contributed by atoms with Crippen LogP contribution in [0.3, 0.4) is 0 Å². The smallest absolute Gasteiger partial charge is 0.426 e. The van der Waals surface area contributed by atoms with E-state index in [2.05, 4.69) is 0 Å². The number of nitrogens with zero attached hydrogens (tertiary/aromatic N) is 1. The number of hydrogen-bond acceptors (Lipinski definition) is 5. The van der Waals surface area contributed by atoms with Gasteiger partial charge in [0.1, 0.15) is 0 Å². The zero-order valence-corrected chi connectivity index (χ0v) is 9.33. The van der Waals surface area contributed by atoms with Gasteiger partial charge in [0, 0.05) is 7.05 Å². The van der Waals surface area contributed by atoms with Gasteiger partial charge in [-0.15, -0.1) is 0 Å². The molecule has 0 radical (unpaired) electrons. The second kappa shape index (κ2) is 7.11. The first kappa shape index (κ1) is 13.8. The molecule has 0 fully saturated rings. The summed E-state index contributed by atoms with van der Waals surface area (Å²) < 4.78 is 0. The summed E-state index contributed by atoms with van der Waals surface area (Å²) in [7, 11) is -0.00234. The molecule has 1 amide bonds. The molecular weight excluding hydrogens is 203 g/mol. The lowest BCUT2D eigenvalue weighted by atomic mass is 9.91. The van der Waals surface area contributed by atoms with E-state index in [0.717, 1.165) is 5.75 Å². The van der Waals surface area contributed by atoms with Crippen molar-refractivity contribution in [1.29, 1.82) is 0 Å². The Hall–Kier alpha value is -0.235. The maximum atomic E-state index is 11.5. The second-order valence-corrected chi connectivity index (χ2v) is 4.07. The maximum absolute atomic E-state index is 11.5. The van der Waals surface area contributed by atoms with Crippen LogP contribution in [-0.2, 0) is 4.79 Å². The van der Waals surface area contributed by atoms with E-state index in [0.29, 0.717) is 6.42 Å². The molecule has 5 nitrogen and oxygen atoms in total. The van der Waals surface area contributed by atoms with Crippen molar-refractivity contribution >= 4 is 24.8 Å². The van der Waals surface area contributed by atoms with Gasteiger partial charge in [0.25, 0.3) is 0 Å². The van der Waals surface area contributed by atoms with E-state index in [9.17, 15) is 4.79 Å². The van der Waals surface area contributed by atoms with Crippen LogP contribution in [0.4, 0.5) is 0 Å².